The van der Waals surface area contributed by atoms with Crippen LogP contribution >= 0.6 is 11.6 Å². The zero-order chi connectivity index (χ0) is 16.7. The first-order valence-corrected chi connectivity index (χ1v) is 7.15. The Balaban J connectivity index is 2.00. The van der Waals surface area contributed by atoms with E-state index in [2.05, 4.69) is 15.4 Å². The molecule has 8 nitrogen and oxygen atoms in total. The van der Waals surface area contributed by atoms with Crippen LogP contribution in [-0.4, -0.2) is 46.5 Å². The fraction of sp³-hybridized carbons (Fsp3) is 0.286. The quantitative estimate of drug-likeness (QED) is 0.767. The molecule has 0 unspecified atom stereocenters. The summed E-state index contributed by atoms with van der Waals surface area (Å²) in [5, 5.41) is 7.06. The Morgan fingerprint density at radius 3 is 2.87 bits per heavy atom. The van der Waals surface area contributed by atoms with E-state index in [1.807, 2.05) is 0 Å². The van der Waals surface area contributed by atoms with Crippen molar-refractivity contribution in [1.82, 2.24) is 14.8 Å². The highest BCUT2D eigenvalue weighted by Gasteiger charge is 2.12. The van der Waals surface area contributed by atoms with E-state index in [4.69, 9.17) is 21.1 Å². The van der Waals surface area contributed by atoms with E-state index < -0.39 is 18.5 Å². The minimum absolute atomic E-state index is 0.189. The first-order chi connectivity index (χ1) is 11.1. The van der Waals surface area contributed by atoms with E-state index in [9.17, 15) is 9.59 Å². The van der Waals surface area contributed by atoms with E-state index in [0.29, 0.717) is 23.0 Å². The standard InChI is InChI=1S/C14H15ClN4O4/c1-2-22-7-14(21)23-6-13(20)18-11-5-10(15)3-4-12(11)19-9-16-8-17-19/h3-5,8-9H,2,6-7H2,1H3,(H,18,20). The third kappa shape index (κ3) is 5.04. The van der Waals surface area contributed by atoms with Crippen molar-refractivity contribution in [3.8, 4) is 5.69 Å². The van der Waals surface area contributed by atoms with Crippen molar-refractivity contribution in [2.24, 2.45) is 0 Å². The molecule has 1 aromatic carbocycles. The smallest absolute Gasteiger partial charge is 0.332 e. The van der Waals surface area contributed by atoms with Crippen LogP contribution in [0.3, 0.4) is 0 Å². The summed E-state index contributed by atoms with van der Waals surface area (Å²) >= 11 is 5.95. The molecule has 1 N–H and O–H groups in total. The van der Waals surface area contributed by atoms with Crippen molar-refractivity contribution >= 4 is 29.2 Å². The zero-order valence-corrected chi connectivity index (χ0v) is 13.1. The average Bonchev–Trinajstić information content (AvgIpc) is 3.05. The minimum atomic E-state index is -0.607. The van der Waals surface area contributed by atoms with Crippen molar-refractivity contribution in [3.63, 3.8) is 0 Å². The number of esters is 1. The van der Waals surface area contributed by atoms with Gasteiger partial charge in [0, 0.05) is 11.6 Å². The molecule has 0 atom stereocenters. The predicted octanol–water partition coefficient (Wildman–Crippen LogP) is 1.44. The number of halogens is 1. The second kappa shape index (κ2) is 8.25. The van der Waals surface area contributed by atoms with Crippen molar-refractivity contribution in [2.45, 2.75) is 6.92 Å². The van der Waals surface area contributed by atoms with Gasteiger partial charge < -0.3 is 14.8 Å². The van der Waals surface area contributed by atoms with Crippen LogP contribution in [0.5, 0.6) is 0 Å². The first-order valence-electron chi connectivity index (χ1n) is 6.78. The second-order valence-corrected chi connectivity index (χ2v) is 4.78. The monoisotopic (exact) mass is 338 g/mol. The summed E-state index contributed by atoms with van der Waals surface area (Å²) in [5.74, 6) is -1.11. The largest absolute Gasteiger partial charge is 0.454 e. The maximum atomic E-state index is 11.9. The fourth-order valence-corrected chi connectivity index (χ4v) is 1.87. The molecule has 2 aromatic rings. The molecular weight excluding hydrogens is 324 g/mol. The summed E-state index contributed by atoms with van der Waals surface area (Å²) in [6.07, 6.45) is 2.86. The first kappa shape index (κ1) is 16.9. The lowest BCUT2D eigenvalue weighted by Crippen LogP contribution is -2.23. The van der Waals surface area contributed by atoms with Gasteiger partial charge in [-0.05, 0) is 25.1 Å². The maximum Gasteiger partial charge on any atom is 0.332 e. The Bertz CT molecular complexity index is 675. The molecule has 0 fully saturated rings. The number of nitrogens with one attached hydrogen (secondary N) is 1. The summed E-state index contributed by atoms with van der Waals surface area (Å²) in [6, 6.07) is 4.92. The third-order valence-corrected chi connectivity index (χ3v) is 2.92. The van der Waals surface area contributed by atoms with E-state index in [0.717, 1.165) is 0 Å². The maximum absolute atomic E-state index is 11.9. The lowest BCUT2D eigenvalue weighted by atomic mass is 10.2. The van der Waals surface area contributed by atoms with Crippen LogP contribution in [0.25, 0.3) is 5.69 Å². The van der Waals surface area contributed by atoms with Gasteiger partial charge in [-0.3, -0.25) is 4.79 Å². The van der Waals surface area contributed by atoms with Gasteiger partial charge in [0.2, 0.25) is 0 Å². The van der Waals surface area contributed by atoms with Crippen molar-refractivity contribution in [3.05, 3.63) is 35.9 Å². The number of anilines is 1. The molecule has 1 amide bonds. The van der Waals surface area contributed by atoms with Gasteiger partial charge in [0.1, 0.15) is 19.3 Å². The fourth-order valence-electron chi connectivity index (χ4n) is 1.70. The molecule has 0 aliphatic rings. The highest BCUT2D eigenvalue weighted by Crippen LogP contribution is 2.23. The minimum Gasteiger partial charge on any atom is -0.454 e. The molecule has 0 bridgehead atoms. The Kier molecular flexibility index (Phi) is 6.07. The van der Waals surface area contributed by atoms with Crippen LogP contribution in [0.2, 0.25) is 5.02 Å². The molecule has 122 valence electrons. The molecule has 0 aliphatic heterocycles. The predicted molar refractivity (Wildman–Crippen MR) is 82.5 cm³/mol. The van der Waals surface area contributed by atoms with Gasteiger partial charge >= 0.3 is 5.97 Å². The van der Waals surface area contributed by atoms with Crippen LogP contribution in [0.15, 0.2) is 30.9 Å². The number of carbonyl (C=O) groups excluding carboxylic acids is 2. The Hall–Kier alpha value is -2.45. The van der Waals surface area contributed by atoms with Crippen LogP contribution in [-0.2, 0) is 19.1 Å². The highest BCUT2D eigenvalue weighted by atomic mass is 35.5. The van der Waals surface area contributed by atoms with Crippen molar-refractivity contribution in [2.75, 3.05) is 25.1 Å². The number of carbonyl (C=O) groups is 2. The normalized spacial score (nSPS) is 10.3. The molecule has 0 saturated carbocycles. The van der Waals surface area contributed by atoms with E-state index in [1.54, 1.807) is 25.1 Å². The number of hydrogen-bond acceptors (Lipinski definition) is 6. The summed E-state index contributed by atoms with van der Waals surface area (Å²) in [5.41, 5.74) is 1.01. The number of hydrogen-bond donors (Lipinski definition) is 1. The van der Waals surface area contributed by atoms with Crippen molar-refractivity contribution in [1.29, 1.82) is 0 Å². The van der Waals surface area contributed by atoms with Gasteiger partial charge in [-0.15, -0.1) is 0 Å². The molecule has 0 spiro atoms. The van der Waals surface area contributed by atoms with Gasteiger partial charge in [0.25, 0.3) is 5.91 Å². The van der Waals surface area contributed by atoms with E-state index in [1.165, 1.54) is 17.3 Å². The van der Waals surface area contributed by atoms with Crippen LogP contribution in [0.4, 0.5) is 5.69 Å². The highest BCUT2D eigenvalue weighted by molar-refractivity contribution is 6.31. The molecule has 23 heavy (non-hydrogen) atoms. The average molecular weight is 339 g/mol. The summed E-state index contributed by atoms with van der Waals surface area (Å²) < 4.78 is 11.2. The SMILES string of the molecule is CCOCC(=O)OCC(=O)Nc1cc(Cl)ccc1-n1cncn1. The number of nitrogens with zero attached hydrogens (tertiary/aromatic N) is 3. The van der Waals surface area contributed by atoms with E-state index >= 15 is 0 Å². The van der Waals surface area contributed by atoms with Crippen LogP contribution < -0.4 is 5.32 Å². The number of ether oxygens (including phenoxy) is 2. The zero-order valence-electron chi connectivity index (χ0n) is 12.4. The van der Waals surface area contributed by atoms with Gasteiger partial charge in [-0.25, -0.2) is 14.5 Å². The molecule has 1 aromatic heterocycles. The summed E-state index contributed by atoms with van der Waals surface area (Å²) in [4.78, 5) is 27.1. The molecule has 2 rings (SSSR count). The van der Waals surface area contributed by atoms with Crippen LogP contribution in [0, 0.1) is 0 Å². The Morgan fingerprint density at radius 2 is 2.17 bits per heavy atom. The number of aromatic nitrogens is 3. The van der Waals surface area contributed by atoms with Gasteiger partial charge in [-0.2, -0.15) is 5.10 Å². The molecule has 0 saturated heterocycles. The molecular formula is C14H15ClN4O4. The summed E-state index contributed by atoms with van der Waals surface area (Å²) in [7, 11) is 0. The molecule has 0 radical (unpaired) electrons. The number of amides is 1. The Labute approximate surface area is 137 Å². The lowest BCUT2D eigenvalue weighted by Gasteiger charge is -2.11. The number of benzene rings is 1. The van der Waals surface area contributed by atoms with Gasteiger partial charge in [0.15, 0.2) is 6.61 Å². The van der Waals surface area contributed by atoms with Crippen molar-refractivity contribution < 1.29 is 19.1 Å². The topological polar surface area (TPSA) is 95.3 Å². The Morgan fingerprint density at radius 1 is 1.35 bits per heavy atom. The van der Waals surface area contributed by atoms with Crippen LogP contribution in [0.1, 0.15) is 6.92 Å². The molecule has 9 heteroatoms. The molecule has 0 aliphatic carbocycles. The third-order valence-electron chi connectivity index (χ3n) is 2.69. The summed E-state index contributed by atoms with van der Waals surface area (Å²) in [6.45, 7) is 1.54. The second-order valence-electron chi connectivity index (χ2n) is 4.35. The van der Waals surface area contributed by atoms with E-state index in [-0.39, 0.29) is 6.61 Å². The number of rotatable bonds is 7. The lowest BCUT2D eigenvalue weighted by molar-refractivity contribution is -0.151. The molecule has 1 heterocycles. The van der Waals surface area contributed by atoms with Gasteiger partial charge in [0.05, 0.1) is 11.4 Å². The van der Waals surface area contributed by atoms with Gasteiger partial charge in [-0.1, -0.05) is 11.6 Å².